The number of nitrogens with zero attached hydrogens (tertiary/aromatic N) is 2. The fourth-order valence-electron chi connectivity index (χ4n) is 2.40. The van der Waals surface area contributed by atoms with Crippen LogP contribution in [0.25, 0.3) is 0 Å². The molecule has 1 unspecified atom stereocenters. The number of aryl methyl sites for hydroxylation is 2. The second kappa shape index (κ2) is 6.95. The minimum atomic E-state index is 0.213. The molecule has 0 aliphatic rings. The van der Waals surface area contributed by atoms with Gasteiger partial charge in [-0.1, -0.05) is 36.5 Å². The van der Waals surface area contributed by atoms with E-state index in [-0.39, 0.29) is 6.04 Å². The number of nitrogens with one attached hydrogen (secondary N) is 1. The van der Waals surface area contributed by atoms with Gasteiger partial charge >= 0.3 is 0 Å². The highest BCUT2D eigenvalue weighted by molar-refractivity contribution is 7.05. The summed E-state index contributed by atoms with van der Waals surface area (Å²) < 4.78 is 4.15. The maximum atomic E-state index is 4.27. The summed E-state index contributed by atoms with van der Waals surface area (Å²) >= 11 is 1.52. The van der Waals surface area contributed by atoms with Gasteiger partial charge in [-0.15, -0.1) is 5.10 Å². The summed E-state index contributed by atoms with van der Waals surface area (Å²) in [5.41, 5.74) is 5.15. The summed E-state index contributed by atoms with van der Waals surface area (Å²) in [6.45, 7) is 9.70. The zero-order valence-electron chi connectivity index (χ0n) is 12.7. The van der Waals surface area contributed by atoms with Crippen LogP contribution >= 0.6 is 11.5 Å². The predicted octanol–water partition coefficient (Wildman–Crippen LogP) is 3.81. The van der Waals surface area contributed by atoms with E-state index in [0.717, 1.165) is 25.1 Å². The quantitative estimate of drug-likeness (QED) is 0.879. The number of benzene rings is 1. The van der Waals surface area contributed by atoms with E-state index < -0.39 is 0 Å². The lowest BCUT2D eigenvalue weighted by Gasteiger charge is -2.21. The molecule has 0 spiro atoms. The topological polar surface area (TPSA) is 37.8 Å². The molecule has 2 rings (SSSR count). The number of rotatable bonds is 6. The van der Waals surface area contributed by atoms with Gasteiger partial charge in [-0.05, 0) is 61.5 Å². The lowest BCUT2D eigenvalue weighted by Crippen LogP contribution is -2.24. The molecule has 108 valence electrons. The van der Waals surface area contributed by atoms with E-state index in [1.165, 1.54) is 33.1 Å². The van der Waals surface area contributed by atoms with Crippen LogP contribution < -0.4 is 5.32 Å². The number of hydrogen-bond donors (Lipinski definition) is 1. The second-order valence-corrected chi connectivity index (χ2v) is 5.90. The van der Waals surface area contributed by atoms with Crippen LogP contribution in [0.1, 0.15) is 53.6 Å². The van der Waals surface area contributed by atoms with Crippen LogP contribution in [0.2, 0.25) is 0 Å². The molecule has 3 nitrogen and oxygen atoms in total. The summed E-state index contributed by atoms with van der Waals surface area (Å²) in [6, 6.07) is 6.74. The molecule has 0 fully saturated rings. The number of aromatic nitrogens is 2. The first kappa shape index (κ1) is 15.1. The summed E-state index contributed by atoms with van der Waals surface area (Å²) in [6.07, 6.45) is 2.05. The van der Waals surface area contributed by atoms with E-state index in [9.17, 15) is 0 Å². The van der Waals surface area contributed by atoms with Gasteiger partial charge in [0, 0.05) is 0 Å². The largest absolute Gasteiger partial charge is 0.305 e. The van der Waals surface area contributed by atoms with Gasteiger partial charge in [0.2, 0.25) is 0 Å². The molecular formula is C16H23N3S. The van der Waals surface area contributed by atoms with Crippen molar-refractivity contribution in [3.63, 3.8) is 0 Å². The van der Waals surface area contributed by atoms with Gasteiger partial charge in [-0.25, -0.2) is 0 Å². The van der Waals surface area contributed by atoms with Gasteiger partial charge in [0.15, 0.2) is 0 Å². The maximum absolute atomic E-state index is 4.27. The van der Waals surface area contributed by atoms with Crippen LogP contribution in [0.4, 0.5) is 0 Å². The van der Waals surface area contributed by atoms with Crippen molar-refractivity contribution in [1.82, 2.24) is 14.9 Å². The normalized spacial score (nSPS) is 12.6. The first-order chi connectivity index (χ1) is 9.69. The van der Waals surface area contributed by atoms with Gasteiger partial charge in [-0.3, -0.25) is 0 Å². The van der Waals surface area contributed by atoms with E-state index in [4.69, 9.17) is 0 Å². The summed E-state index contributed by atoms with van der Waals surface area (Å²) in [4.78, 5) is 1.26. The maximum Gasteiger partial charge on any atom is 0.0804 e. The molecule has 0 saturated carbocycles. The lowest BCUT2D eigenvalue weighted by atomic mass is 9.95. The van der Waals surface area contributed by atoms with E-state index in [2.05, 4.69) is 60.8 Å². The SMILES string of the molecule is CCCNC(c1cccc(C)c1C)c1snnc1CC. The van der Waals surface area contributed by atoms with Crippen LogP contribution in [0.3, 0.4) is 0 Å². The Hall–Kier alpha value is -1.26. The van der Waals surface area contributed by atoms with Crippen molar-refractivity contribution in [3.8, 4) is 0 Å². The van der Waals surface area contributed by atoms with Crippen LogP contribution in [-0.2, 0) is 6.42 Å². The standard InChI is InChI=1S/C16H23N3S/c1-5-10-17-15(16-14(6-2)18-19-20-16)13-9-7-8-11(3)12(13)4/h7-9,15,17H,5-6,10H2,1-4H3. The molecule has 1 aromatic heterocycles. The second-order valence-electron chi connectivity index (χ2n) is 5.11. The average molecular weight is 289 g/mol. The van der Waals surface area contributed by atoms with Crippen LogP contribution in [0.15, 0.2) is 18.2 Å². The molecule has 0 radical (unpaired) electrons. The van der Waals surface area contributed by atoms with Crippen molar-refractivity contribution in [3.05, 3.63) is 45.5 Å². The highest BCUT2D eigenvalue weighted by Crippen LogP contribution is 2.30. The van der Waals surface area contributed by atoms with Crippen LogP contribution in [0.5, 0.6) is 0 Å². The Morgan fingerprint density at radius 1 is 1.25 bits per heavy atom. The van der Waals surface area contributed by atoms with E-state index in [0.29, 0.717) is 0 Å². The fraction of sp³-hybridized carbons (Fsp3) is 0.500. The molecule has 1 aromatic carbocycles. The van der Waals surface area contributed by atoms with Gasteiger partial charge in [0.1, 0.15) is 0 Å². The van der Waals surface area contributed by atoms with E-state index in [1.807, 2.05) is 0 Å². The zero-order valence-corrected chi connectivity index (χ0v) is 13.5. The Bertz CT molecular complexity index is 563. The third-order valence-corrected chi connectivity index (χ3v) is 4.57. The van der Waals surface area contributed by atoms with Crippen LogP contribution in [0, 0.1) is 13.8 Å². The minimum Gasteiger partial charge on any atom is -0.305 e. The summed E-state index contributed by atoms with van der Waals surface area (Å²) in [5.74, 6) is 0. The van der Waals surface area contributed by atoms with Crippen molar-refractivity contribution in [1.29, 1.82) is 0 Å². The van der Waals surface area contributed by atoms with Gasteiger partial charge < -0.3 is 5.32 Å². The van der Waals surface area contributed by atoms with Gasteiger partial charge in [0.05, 0.1) is 16.6 Å². The molecule has 20 heavy (non-hydrogen) atoms. The fourth-order valence-corrected chi connectivity index (χ4v) is 3.23. The van der Waals surface area contributed by atoms with Crippen molar-refractivity contribution < 1.29 is 0 Å². The molecule has 0 bridgehead atoms. The lowest BCUT2D eigenvalue weighted by molar-refractivity contribution is 0.598. The molecule has 0 amide bonds. The summed E-state index contributed by atoms with van der Waals surface area (Å²) in [5, 5.41) is 7.93. The highest BCUT2D eigenvalue weighted by Gasteiger charge is 2.21. The zero-order chi connectivity index (χ0) is 14.5. The van der Waals surface area contributed by atoms with Gasteiger partial charge in [0.25, 0.3) is 0 Å². The Morgan fingerprint density at radius 2 is 2.05 bits per heavy atom. The Morgan fingerprint density at radius 3 is 2.75 bits per heavy atom. The molecular weight excluding hydrogens is 266 g/mol. The molecule has 0 aliphatic heterocycles. The molecule has 0 saturated heterocycles. The van der Waals surface area contributed by atoms with Gasteiger partial charge in [-0.2, -0.15) is 0 Å². The third-order valence-electron chi connectivity index (χ3n) is 3.74. The highest BCUT2D eigenvalue weighted by atomic mass is 32.1. The Labute approximate surface area is 125 Å². The van der Waals surface area contributed by atoms with Crippen LogP contribution in [-0.4, -0.2) is 16.1 Å². The molecule has 0 aliphatic carbocycles. The molecule has 4 heteroatoms. The Kier molecular flexibility index (Phi) is 5.26. The van der Waals surface area contributed by atoms with Crippen molar-refractivity contribution in [2.75, 3.05) is 6.54 Å². The van der Waals surface area contributed by atoms with Crippen molar-refractivity contribution in [2.45, 2.75) is 46.6 Å². The van der Waals surface area contributed by atoms with E-state index in [1.54, 1.807) is 0 Å². The molecule has 1 heterocycles. The minimum absolute atomic E-state index is 0.213. The smallest absolute Gasteiger partial charge is 0.0804 e. The average Bonchev–Trinajstić information content (AvgIpc) is 2.92. The first-order valence-corrected chi connectivity index (χ1v) is 8.07. The Balaban J connectivity index is 2.44. The van der Waals surface area contributed by atoms with Crippen molar-refractivity contribution >= 4 is 11.5 Å². The third kappa shape index (κ3) is 3.07. The molecule has 1 atom stereocenters. The monoisotopic (exact) mass is 289 g/mol. The molecule has 2 aromatic rings. The first-order valence-electron chi connectivity index (χ1n) is 7.29. The van der Waals surface area contributed by atoms with Crippen molar-refractivity contribution in [2.24, 2.45) is 0 Å². The van der Waals surface area contributed by atoms with E-state index >= 15 is 0 Å². The summed E-state index contributed by atoms with van der Waals surface area (Å²) in [7, 11) is 0. The molecule has 1 N–H and O–H groups in total. The number of hydrogen-bond acceptors (Lipinski definition) is 4. The predicted molar refractivity (Wildman–Crippen MR) is 85.3 cm³/mol.